The summed E-state index contributed by atoms with van der Waals surface area (Å²) in [6.45, 7) is 6.70. The fourth-order valence-corrected chi connectivity index (χ4v) is 4.11. The zero-order chi connectivity index (χ0) is 18.7. The van der Waals surface area contributed by atoms with E-state index in [2.05, 4.69) is 19.2 Å². The van der Waals surface area contributed by atoms with Gasteiger partial charge in [-0.15, -0.1) is 12.4 Å². The van der Waals surface area contributed by atoms with Crippen molar-refractivity contribution in [2.24, 2.45) is 5.92 Å². The monoisotopic (exact) mass is 416 g/mol. The molecule has 2 fully saturated rings. The van der Waals surface area contributed by atoms with E-state index in [4.69, 9.17) is 21.1 Å². The number of carbonyl (C=O) groups is 1. The Morgan fingerprint density at radius 1 is 1.30 bits per heavy atom. The molecule has 0 saturated carbocycles. The molecule has 2 aliphatic heterocycles. The number of halogens is 2. The van der Waals surface area contributed by atoms with Gasteiger partial charge in [-0.1, -0.05) is 25.4 Å². The third-order valence-electron chi connectivity index (χ3n) is 5.31. The summed E-state index contributed by atoms with van der Waals surface area (Å²) in [5.74, 6) is 1.62. The summed E-state index contributed by atoms with van der Waals surface area (Å²) in [5.41, 5.74) is 0.571. The van der Waals surface area contributed by atoms with Gasteiger partial charge in [0.1, 0.15) is 0 Å². The van der Waals surface area contributed by atoms with E-state index < -0.39 is 0 Å². The molecule has 3 rings (SSSR count). The SMILES string of the molecule is COc1cc(C(=O)N2C3CCNCC2CC3)cc(Cl)c1OCCC(C)C.Cl. The van der Waals surface area contributed by atoms with E-state index in [9.17, 15) is 4.79 Å². The number of carbonyl (C=O) groups excluding carboxylic acids is 1. The molecule has 1 N–H and O–H groups in total. The summed E-state index contributed by atoms with van der Waals surface area (Å²) in [4.78, 5) is 15.2. The zero-order valence-corrected chi connectivity index (χ0v) is 17.9. The minimum Gasteiger partial charge on any atom is -0.493 e. The van der Waals surface area contributed by atoms with Crippen molar-refractivity contribution >= 4 is 29.9 Å². The Bertz CT molecular complexity index is 640. The van der Waals surface area contributed by atoms with Gasteiger partial charge in [-0.25, -0.2) is 0 Å². The van der Waals surface area contributed by atoms with Crippen LogP contribution in [0.4, 0.5) is 0 Å². The summed E-state index contributed by atoms with van der Waals surface area (Å²) in [5, 5.41) is 3.85. The molecule has 2 unspecified atom stereocenters. The zero-order valence-electron chi connectivity index (χ0n) is 16.3. The summed E-state index contributed by atoms with van der Waals surface area (Å²) < 4.78 is 11.3. The number of hydrogen-bond acceptors (Lipinski definition) is 4. The lowest BCUT2D eigenvalue weighted by Gasteiger charge is -2.28. The van der Waals surface area contributed by atoms with E-state index in [1.54, 1.807) is 19.2 Å². The van der Waals surface area contributed by atoms with Crippen LogP contribution in [0.5, 0.6) is 11.5 Å². The number of benzene rings is 1. The molecular weight excluding hydrogens is 387 g/mol. The molecule has 27 heavy (non-hydrogen) atoms. The molecule has 1 aromatic carbocycles. The lowest BCUT2D eigenvalue weighted by molar-refractivity contribution is 0.0680. The molecule has 0 aromatic heterocycles. The molecule has 1 aromatic rings. The van der Waals surface area contributed by atoms with Crippen LogP contribution < -0.4 is 14.8 Å². The van der Waals surface area contributed by atoms with Crippen molar-refractivity contribution in [1.29, 1.82) is 0 Å². The van der Waals surface area contributed by atoms with E-state index in [1.165, 1.54) is 0 Å². The van der Waals surface area contributed by atoms with E-state index in [0.29, 0.717) is 40.7 Å². The number of nitrogens with zero attached hydrogens (tertiary/aromatic N) is 1. The van der Waals surface area contributed by atoms with Gasteiger partial charge in [0.15, 0.2) is 11.5 Å². The largest absolute Gasteiger partial charge is 0.493 e. The highest BCUT2D eigenvalue weighted by atomic mass is 35.5. The highest BCUT2D eigenvalue weighted by Gasteiger charge is 2.38. The molecule has 5 nitrogen and oxygen atoms in total. The predicted octanol–water partition coefficient (Wildman–Crippen LogP) is 4.16. The van der Waals surface area contributed by atoms with Gasteiger partial charge in [0, 0.05) is 24.2 Å². The summed E-state index contributed by atoms with van der Waals surface area (Å²) in [7, 11) is 1.58. The Morgan fingerprint density at radius 2 is 2.04 bits per heavy atom. The first kappa shape index (κ1) is 22.1. The van der Waals surface area contributed by atoms with Crippen molar-refractivity contribution in [1.82, 2.24) is 10.2 Å². The third kappa shape index (κ3) is 5.01. The average molecular weight is 417 g/mol. The van der Waals surface area contributed by atoms with Crippen molar-refractivity contribution < 1.29 is 14.3 Å². The van der Waals surface area contributed by atoms with E-state index in [0.717, 1.165) is 38.8 Å². The van der Waals surface area contributed by atoms with E-state index in [1.807, 2.05) is 4.90 Å². The summed E-state index contributed by atoms with van der Waals surface area (Å²) in [6, 6.07) is 4.06. The molecular formula is C20H30Cl2N2O3. The fourth-order valence-electron chi connectivity index (χ4n) is 3.84. The Labute approximate surface area is 173 Å². The molecule has 2 aliphatic rings. The van der Waals surface area contributed by atoms with Gasteiger partial charge in [0.2, 0.25) is 0 Å². The Kier molecular flexibility index (Phi) is 8.07. The van der Waals surface area contributed by atoms with E-state index >= 15 is 0 Å². The topological polar surface area (TPSA) is 50.8 Å². The summed E-state index contributed by atoms with van der Waals surface area (Å²) >= 11 is 6.44. The van der Waals surface area contributed by atoms with Gasteiger partial charge in [-0.3, -0.25) is 4.79 Å². The molecule has 2 bridgehead atoms. The molecule has 2 atom stereocenters. The fraction of sp³-hybridized carbons (Fsp3) is 0.650. The van der Waals surface area contributed by atoms with Crippen molar-refractivity contribution in [3.63, 3.8) is 0 Å². The standard InChI is InChI=1S/C20H29ClN2O3.ClH/c1-13(2)7-9-26-19-17(21)10-14(11-18(19)25-3)20(24)23-15-4-5-16(23)12-22-8-6-15;/h10-11,13,15-16,22H,4-9,12H2,1-3H3;1H. The van der Waals surface area contributed by atoms with Crippen LogP contribution >= 0.6 is 24.0 Å². The predicted molar refractivity (Wildman–Crippen MR) is 111 cm³/mol. The Morgan fingerprint density at radius 3 is 2.74 bits per heavy atom. The van der Waals surface area contributed by atoms with Crippen LogP contribution in [-0.2, 0) is 0 Å². The molecule has 152 valence electrons. The molecule has 2 heterocycles. The normalized spacial score (nSPS) is 21.6. The smallest absolute Gasteiger partial charge is 0.254 e. The average Bonchev–Trinajstić information content (AvgIpc) is 2.87. The first-order valence-corrected chi connectivity index (χ1v) is 9.92. The van der Waals surface area contributed by atoms with Crippen molar-refractivity contribution in [3.05, 3.63) is 22.7 Å². The maximum Gasteiger partial charge on any atom is 0.254 e. The minimum atomic E-state index is 0. The van der Waals surface area contributed by atoms with Crippen LogP contribution in [0.2, 0.25) is 5.02 Å². The molecule has 0 aliphatic carbocycles. The molecule has 2 saturated heterocycles. The minimum absolute atomic E-state index is 0. The second kappa shape index (κ2) is 9.85. The molecule has 0 spiro atoms. The lowest BCUT2D eigenvalue weighted by atomic mass is 10.1. The molecule has 1 amide bonds. The van der Waals surface area contributed by atoms with Gasteiger partial charge in [0.25, 0.3) is 5.91 Å². The molecule has 7 heteroatoms. The van der Waals surface area contributed by atoms with Gasteiger partial charge in [0.05, 0.1) is 18.7 Å². The quantitative estimate of drug-likeness (QED) is 0.755. The highest BCUT2D eigenvalue weighted by molar-refractivity contribution is 6.32. The van der Waals surface area contributed by atoms with Crippen LogP contribution in [0.25, 0.3) is 0 Å². The molecule has 0 radical (unpaired) electrons. The first-order valence-electron chi connectivity index (χ1n) is 9.55. The Hall–Kier alpha value is -1.17. The van der Waals surface area contributed by atoms with Crippen LogP contribution in [0.15, 0.2) is 12.1 Å². The van der Waals surface area contributed by atoms with Gasteiger partial charge in [-0.2, -0.15) is 0 Å². The van der Waals surface area contributed by atoms with Crippen LogP contribution in [-0.4, -0.2) is 49.7 Å². The number of amides is 1. The number of rotatable bonds is 6. The second-order valence-corrected chi connectivity index (χ2v) is 8.02. The number of hydrogen-bond donors (Lipinski definition) is 1. The van der Waals surface area contributed by atoms with Gasteiger partial charge in [-0.05, 0) is 50.3 Å². The number of fused-ring (bicyclic) bond motifs is 2. The number of methoxy groups -OCH3 is 1. The maximum atomic E-state index is 13.2. The first-order chi connectivity index (χ1) is 12.5. The number of ether oxygens (including phenoxy) is 2. The van der Waals surface area contributed by atoms with Gasteiger partial charge < -0.3 is 19.7 Å². The number of nitrogens with one attached hydrogen (secondary N) is 1. The third-order valence-corrected chi connectivity index (χ3v) is 5.59. The summed E-state index contributed by atoms with van der Waals surface area (Å²) in [6.07, 6.45) is 4.08. The van der Waals surface area contributed by atoms with Crippen LogP contribution in [0.1, 0.15) is 49.9 Å². The highest BCUT2D eigenvalue weighted by Crippen LogP contribution is 2.38. The van der Waals surface area contributed by atoms with Crippen molar-refractivity contribution in [2.75, 3.05) is 26.8 Å². The lowest BCUT2D eigenvalue weighted by Crippen LogP contribution is -2.42. The van der Waals surface area contributed by atoms with Gasteiger partial charge >= 0.3 is 0 Å². The second-order valence-electron chi connectivity index (χ2n) is 7.61. The van der Waals surface area contributed by atoms with Crippen LogP contribution in [0, 0.1) is 5.92 Å². The Balaban J connectivity index is 0.00000261. The van der Waals surface area contributed by atoms with Crippen molar-refractivity contribution in [2.45, 2.75) is 51.6 Å². The maximum absolute atomic E-state index is 13.2. The van der Waals surface area contributed by atoms with E-state index in [-0.39, 0.29) is 24.4 Å². The van der Waals surface area contributed by atoms with Crippen molar-refractivity contribution in [3.8, 4) is 11.5 Å². The van der Waals surface area contributed by atoms with Crippen LogP contribution in [0.3, 0.4) is 0 Å².